The number of nitrogens with two attached hydrogens (primary N) is 1. The Kier molecular flexibility index (Phi) is 3.07. The number of aromatic nitrogens is 2. The first-order valence-electron chi connectivity index (χ1n) is 5.05. The minimum absolute atomic E-state index is 0.703. The average Bonchev–Trinajstić information content (AvgIpc) is 2.52. The highest BCUT2D eigenvalue weighted by atomic mass is 79.9. The molecule has 4 heteroatoms. The maximum absolute atomic E-state index is 5.51. The summed E-state index contributed by atoms with van der Waals surface area (Å²) in [5, 5.41) is 5.73. The number of hydrogen-bond donors (Lipinski definition) is 1. The van der Waals surface area contributed by atoms with Gasteiger partial charge in [-0.1, -0.05) is 15.9 Å². The molecule has 1 aromatic carbocycles. The van der Waals surface area contributed by atoms with Gasteiger partial charge in [0.25, 0.3) is 0 Å². The first kappa shape index (κ1) is 10.6. The van der Waals surface area contributed by atoms with Gasteiger partial charge in [0, 0.05) is 16.4 Å². The zero-order valence-electron chi connectivity index (χ0n) is 8.70. The van der Waals surface area contributed by atoms with Crippen molar-refractivity contribution in [2.45, 2.75) is 19.9 Å². The largest absolute Gasteiger partial charge is 0.330 e. The molecular weight excluding hydrogens is 254 g/mol. The second-order valence-corrected chi connectivity index (χ2v) is 4.53. The molecule has 1 aromatic heterocycles. The fourth-order valence-electron chi connectivity index (χ4n) is 1.72. The molecule has 0 unspecified atom stereocenters. The third-order valence-corrected chi connectivity index (χ3v) is 2.97. The van der Waals surface area contributed by atoms with Gasteiger partial charge < -0.3 is 5.73 Å². The van der Waals surface area contributed by atoms with E-state index in [1.54, 1.807) is 0 Å². The fraction of sp³-hybridized carbons (Fsp3) is 0.364. The second-order valence-electron chi connectivity index (χ2n) is 3.61. The Morgan fingerprint density at radius 2 is 2.27 bits per heavy atom. The Labute approximate surface area is 97.4 Å². The van der Waals surface area contributed by atoms with Crippen LogP contribution in [0.3, 0.4) is 0 Å². The van der Waals surface area contributed by atoms with Gasteiger partial charge in [0.1, 0.15) is 0 Å². The average molecular weight is 268 g/mol. The molecule has 0 saturated carbocycles. The predicted molar refractivity (Wildman–Crippen MR) is 65.8 cm³/mol. The number of benzene rings is 1. The van der Waals surface area contributed by atoms with Gasteiger partial charge in [-0.25, -0.2) is 0 Å². The van der Waals surface area contributed by atoms with Crippen molar-refractivity contribution in [2.24, 2.45) is 5.73 Å². The van der Waals surface area contributed by atoms with Gasteiger partial charge in [-0.2, -0.15) is 5.10 Å². The molecule has 0 aliphatic carbocycles. The van der Waals surface area contributed by atoms with Gasteiger partial charge >= 0.3 is 0 Å². The van der Waals surface area contributed by atoms with E-state index in [1.165, 1.54) is 10.9 Å². The highest BCUT2D eigenvalue weighted by molar-refractivity contribution is 9.10. The van der Waals surface area contributed by atoms with Crippen LogP contribution in [0.1, 0.15) is 12.1 Å². The van der Waals surface area contributed by atoms with Crippen LogP contribution in [0, 0.1) is 6.92 Å². The summed E-state index contributed by atoms with van der Waals surface area (Å²) >= 11 is 3.48. The van der Waals surface area contributed by atoms with E-state index in [-0.39, 0.29) is 0 Å². The van der Waals surface area contributed by atoms with E-state index in [2.05, 4.69) is 33.2 Å². The minimum atomic E-state index is 0.703. The number of aryl methyl sites for hydroxylation is 2. The summed E-state index contributed by atoms with van der Waals surface area (Å²) in [6, 6.07) is 6.25. The zero-order valence-corrected chi connectivity index (χ0v) is 10.3. The lowest BCUT2D eigenvalue weighted by Gasteiger charge is -2.01. The molecule has 2 N–H and O–H groups in total. The van der Waals surface area contributed by atoms with E-state index in [0.29, 0.717) is 6.54 Å². The highest BCUT2D eigenvalue weighted by Crippen LogP contribution is 2.22. The van der Waals surface area contributed by atoms with Crippen molar-refractivity contribution in [3.63, 3.8) is 0 Å². The normalized spacial score (nSPS) is 11.1. The number of nitrogens with zero attached hydrogens (tertiary/aromatic N) is 2. The molecule has 0 amide bonds. The monoisotopic (exact) mass is 267 g/mol. The Morgan fingerprint density at radius 1 is 1.47 bits per heavy atom. The molecule has 0 spiro atoms. The maximum atomic E-state index is 5.51. The van der Waals surface area contributed by atoms with Crippen molar-refractivity contribution >= 4 is 26.8 Å². The second kappa shape index (κ2) is 4.33. The summed E-state index contributed by atoms with van der Waals surface area (Å²) in [5.41, 5.74) is 7.76. The summed E-state index contributed by atoms with van der Waals surface area (Å²) in [4.78, 5) is 0. The van der Waals surface area contributed by atoms with E-state index < -0.39 is 0 Å². The lowest BCUT2D eigenvalue weighted by atomic mass is 10.2. The molecule has 0 radical (unpaired) electrons. The molecule has 0 fully saturated rings. The lowest BCUT2D eigenvalue weighted by molar-refractivity contribution is 0.598. The molecule has 0 bridgehead atoms. The van der Waals surface area contributed by atoms with E-state index >= 15 is 0 Å². The van der Waals surface area contributed by atoms with Crippen LogP contribution in [-0.2, 0) is 6.54 Å². The SMILES string of the molecule is Cc1nn(CCCN)c2cc(Br)ccc12. The van der Waals surface area contributed by atoms with Gasteiger partial charge in [-0.15, -0.1) is 0 Å². The first-order chi connectivity index (χ1) is 7.22. The smallest absolute Gasteiger partial charge is 0.0696 e. The molecule has 1 heterocycles. The molecule has 3 nitrogen and oxygen atoms in total. The van der Waals surface area contributed by atoms with Crippen LogP contribution in [0.25, 0.3) is 10.9 Å². The molecule has 0 aliphatic heterocycles. The molecule has 0 atom stereocenters. The van der Waals surface area contributed by atoms with Crippen molar-refractivity contribution in [3.05, 3.63) is 28.4 Å². The fourth-order valence-corrected chi connectivity index (χ4v) is 2.07. The Morgan fingerprint density at radius 3 is 3.00 bits per heavy atom. The topological polar surface area (TPSA) is 43.8 Å². The number of rotatable bonds is 3. The van der Waals surface area contributed by atoms with Gasteiger partial charge in [-0.05, 0) is 38.1 Å². The molecule has 2 rings (SSSR count). The number of hydrogen-bond acceptors (Lipinski definition) is 2. The highest BCUT2D eigenvalue weighted by Gasteiger charge is 2.06. The summed E-state index contributed by atoms with van der Waals surface area (Å²) in [5.74, 6) is 0. The third-order valence-electron chi connectivity index (χ3n) is 2.47. The lowest BCUT2D eigenvalue weighted by Crippen LogP contribution is -2.06. The standard InChI is InChI=1S/C11H14BrN3/c1-8-10-4-3-9(12)7-11(10)15(14-8)6-2-5-13/h3-4,7H,2,5-6,13H2,1H3. The summed E-state index contributed by atoms with van der Waals surface area (Å²) in [6.07, 6.45) is 0.961. The quantitative estimate of drug-likeness (QED) is 0.929. The Bertz CT molecular complexity index is 476. The third kappa shape index (κ3) is 2.06. The Balaban J connectivity index is 2.49. The predicted octanol–water partition coefficient (Wildman–Crippen LogP) is 2.46. The van der Waals surface area contributed by atoms with Crippen molar-refractivity contribution in [3.8, 4) is 0 Å². The molecule has 0 aliphatic rings. The van der Waals surface area contributed by atoms with Crippen LogP contribution in [-0.4, -0.2) is 16.3 Å². The van der Waals surface area contributed by atoms with Crippen molar-refractivity contribution in [1.82, 2.24) is 9.78 Å². The van der Waals surface area contributed by atoms with E-state index in [1.807, 2.05) is 17.7 Å². The molecule has 15 heavy (non-hydrogen) atoms. The first-order valence-corrected chi connectivity index (χ1v) is 5.84. The van der Waals surface area contributed by atoms with Crippen LogP contribution in [0.2, 0.25) is 0 Å². The van der Waals surface area contributed by atoms with Gasteiger partial charge in [0.05, 0.1) is 11.2 Å². The van der Waals surface area contributed by atoms with Crippen molar-refractivity contribution < 1.29 is 0 Å². The summed E-state index contributed by atoms with van der Waals surface area (Å²) in [6.45, 7) is 3.63. The van der Waals surface area contributed by atoms with Crippen molar-refractivity contribution in [2.75, 3.05) is 6.54 Å². The van der Waals surface area contributed by atoms with Crippen LogP contribution >= 0.6 is 15.9 Å². The maximum Gasteiger partial charge on any atom is 0.0696 e. The van der Waals surface area contributed by atoms with Crippen LogP contribution in [0.4, 0.5) is 0 Å². The minimum Gasteiger partial charge on any atom is -0.330 e. The number of fused-ring (bicyclic) bond motifs is 1. The van der Waals surface area contributed by atoms with Gasteiger partial charge in [-0.3, -0.25) is 4.68 Å². The van der Waals surface area contributed by atoms with E-state index in [9.17, 15) is 0 Å². The molecular formula is C11H14BrN3. The van der Waals surface area contributed by atoms with Crippen LogP contribution < -0.4 is 5.73 Å². The zero-order chi connectivity index (χ0) is 10.8. The number of halogens is 1. The molecule has 0 saturated heterocycles. The van der Waals surface area contributed by atoms with Gasteiger partial charge in [0.2, 0.25) is 0 Å². The van der Waals surface area contributed by atoms with Crippen LogP contribution in [0.15, 0.2) is 22.7 Å². The summed E-state index contributed by atoms with van der Waals surface area (Å²) < 4.78 is 3.12. The van der Waals surface area contributed by atoms with Crippen LogP contribution in [0.5, 0.6) is 0 Å². The van der Waals surface area contributed by atoms with E-state index in [4.69, 9.17) is 5.73 Å². The molecule has 80 valence electrons. The van der Waals surface area contributed by atoms with E-state index in [0.717, 1.165) is 23.1 Å². The Hall–Kier alpha value is -0.870. The van der Waals surface area contributed by atoms with Crippen molar-refractivity contribution in [1.29, 1.82) is 0 Å². The molecule has 2 aromatic rings. The van der Waals surface area contributed by atoms with Gasteiger partial charge in [0.15, 0.2) is 0 Å². The summed E-state index contributed by atoms with van der Waals surface area (Å²) in [7, 11) is 0.